The number of rotatable bonds is 5. The second-order valence-electron chi connectivity index (χ2n) is 8.91. The number of methoxy groups -OCH3 is 1. The average molecular weight is 435 g/mol. The predicted octanol–water partition coefficient (Wildman–Crippen LogP) is 1.69. The van der Waals surface area contributed by atoms with Crippen LogP contribution >= 0.6 is 0 Å². The molecular formula is C25H30N4O3. The minimum atomic E-state index is -0.284. The van der Waals surface area contributed by atoms with Crippen LogP contribution in [0.2, 0.25) is 0 Å². The van der Waals surface area contributed by atoms with Crippen LogP contribution in [-0.4, -0.2) is 67.6 Å². The number of hydrazine groups is 1. The number of carbonyl (C=O) groups is 2. The van der Waals surface area contributed by atoms with Crippen LogP contribution in [0.5, 0.6) is 0 Å². The Morgan fingerprint density at radius 3 is 2.59 bits per heavy atom. The van der Waals surface area contributed by atoms with Crippen molar-refractivity contribution >= 4 is 17.5 Å². The van der Waals surface area contributed by atoms with Crippen molar-refractivity contribution in [3.8, 4) is 0 Å². The lowest BCUT2D eigenvalue weighted by Gasteiger charge is -2.41. The van der Waals surface area contributed by atoms with Crippen molar-refractivity contribution < 1.29 is 14.3 Å². The van der Waals surface area contributed by atoms with Crippen molar-refractivity contribution in [1.82, 2.24) is 15.2 Å². The smallest absolute Gasteiger partial charge is 0.247 e. The molecule has 0 saturated carbocycles. The molecule has 2 aromatic carbocycles. The van der Waals surface area contributed by atoms with Crippen LogP contribution in [0.1, 0.15) is 11.1 Å². The molecule has 5 rings (SSSR count). The molecule has 2 fully saturated rings. The molecule has 3 atom stereocenters. The fourth-order valence-electron chi connectivity index (χ4n) is 5.26. The van der Waals surface area contributed by atoms with Gasteiger partial charge in [0, 0.05) is 39.8 Å². The number of piperidine rings is 1. The number of nitrogens with zero attached hydrogens (tertiary/aromatic N) is 3. The van der Waals surface area contributed by atoms with Gasteiger partial charge in [-0.05, 0) is 29.7 Å². The van der Waals surface area contributed by atoms with Gasteiger partial charge in [-0.1, -0.05) is 42.5 Å². The van der Waals surface area contributed by atoms with Crippen LogP contribution < -0.4 is 10.4 Å². The summed E-state index contributed by atoms with van der Waals surface area (Å²) in [4.78, 5) is 31.3. The van der Waals surface area contributed by atoms with Gasteiger partial charge in [0.25, 0.3) is 0 Å². The van der Waals surface area contributed by atoms with Crippen molar-refractivity contribution in [1.29, 1.82) is 0 Å². The number of hydrogen-bond acceptors (Lipinski definition) is 5. The van der Waals surface area contributed by atoms with Gasteiger partial charge in [-0.3, -0.25) is 14.5 Å². The first kappa shape index (κ1) is 21.1. The van der Waals surface area contributed by atoms with Crippen LogP contribution in [0.3, 0.4) is 0 Å². The van der Waals surface area contributed by atoms with E-state index in [1.807, 2.05) is 41.3 Å². The number of amides is 2. The molecule has 0 bridgehead atoms. The number of para-hydroxylation sites is 1. The van der Waals surface area contributed by atoms with E-state index in [0.29, 0.717) is 32.8 Å². The number of nitrogens with one attached hydrogen (secondary N) is 1. The molecule has 0 aromatic heterocycles. The number of benzene rings is 2. The Kier molecular flexibility index (Phi) is 5.95. The summed E-state index contributed by atoms with van der Waals surface area (Å²) in [6, 6.07) is 17.8. The number of ether oxygens (including phenoxy) is 1. The van der Waals surface area contributed by atoms with Crippen LogP contribution in [0, 0.1) is 11.8 Å². The summed E-state index contributed by atoms with van der Waals surface area (Å²) in [7, 11) is 1.68. The van der Waals surface area contributed by atoms with Gasteiger partial charge in [0.15, 0.2) is 0 Å². The largest absolute Gasteiger partial charge is 0.383 e. The van der Waals surface area contributed by atoms with Gasteiger partial charge in [-0.15, -0.1) is 0 Å². The molecule has 168 valence electrons. The maximum atomic E-state index is 13.8. The Hall–Kier alpha value is -2.74. The molecule has 2 aromatic rings. The molecule has 7 nitrogen and oxygen atoms in total. The second kappa shape index (κ2) is 9.02. The normalized spacial score (nSPS) is 25.5. The molecule has 3 aliphatic rings. The quantitative estimate of drug-likeness (QED) is 0.776. The van der Waals surface area contributed by atoms with Crippen LogP contribution in [0.25, 0.3) is 0 Å². The summed E-state index contributed by atoms with van der Waals surface area (Å²) < 4.78 is 5.28. The van der Waals surface area contributed by atoms with E-state index in [2.05, 4.69) is 28.5 Å². The van der Waals surface area contributed by atoms with Crippen molar-refractivity contribution in [3.63, 3.8) is 0 Å². The highest BCUT2D eigenvalue weighted by Gasteiger charge is 2.51. The number of carbonyl (C=O) groups excluding carboxylic acids is 2. The number of likely N-dealkylation sites (tertiary alicyclic amines) is 1. The zero-order chi connectivity index (χ0) is 22.1. The standard InChI is InChI=1S/C25H30N4O3/c1-32-14-13-27-16-21(24(30)28-12-11-18-7-5-6-8-19(18)15-28)23-22(17-27)25(31)29(26-23)20-9-3-2-4-10-20/h2-10,21-23,26H,11-17H2,1H3. The Morgan fingerprint density at radius 2 is 1.81 bits per heavy atom. The van der Waals surface area contributed by atoms with Crippen LogP contribution in [0.4, 0.5) is 5.69 Å². The highest BCUT2D eigenvalue weighted by Crippen LogP contribution is 2.33. The molecule has 2 saturated heterocycles. The molecule has 2 amide bonds. The van der Waals surface area contributed by atoms with E-state index < -0.39 is 0 Å². The number of fused-ring (bicyclic) bond motifs is 2. The molecule has 7 heteroatoms. The first-order valence-corrected chi connectivity index (χ1v) is 11.4. The van der Waals surface area contributed by atoms with E-state index in [4.69, 9.17) is 4.74 Å². The Labute approximate surface area is 188 Å². The van der Waals surface area contributed by atoms with E-state index in [1.54, 1.807) is 12.1 Å². The Morgan fingerprint density at radius 1 is 1.06 bits per heavy atom. The first-order valence-electron chi connectivity index (χ1n) is 11.4. The molecule has 0 radical (unpaired) electrons. The lowest BCUT2D eigenvalue weighted by molar-refractivity contribution is -0.140. The Balaban J connectivity index is 1.39. The van der Waals surface area contributed by atoms with Crippen molar-refractivity contribution in [2.75, 3.05) is 44.9 Å². The highest BCUT2D eigenvalue weighted by molar-refractivity contribution is 5.98. The molecule has 3 unspecified atom stereocenters. The van der Waals surface area contributed by atoms with E-state index >= 15 is 0 Å². The zero-order valence-electron chi connectivity index (χ0n) is 18.4. The third-order valence-corrected chi connectivity index (χ3v) is 6.98. The molecule has 1 N–H and O–H groups in total. The van der Waals surface area contributed by atoms with E-state index in [0.717, 1.165) is 18.7 Å². The van der Waals surface area contributed by atoms with Crippen LogP contribution in [0.15, 0.2) is 54.6 Å². The summed E-state index contributed by atoms with van der Waals surface area (Å²) in [5.41, 5.74) is 6.76. The molecule has 0 spiro atoms. The maximum absolute atomic E-state index is 13.8. The molecule has 32 heavy (non-hydrogen) atoms. The van der Waals surface area contributed by atoms with Gasteiger partial charge in [0.2, 0.25) is 11.8 Å². The molecule has 3 aliphatic heterocycles. The van der Waals surface area contributed by atoms with Crippen molar-refractivity contribution in [2.45, 2.75) is 19.0 Å². The number of hydrogen-bond donors (Lipinski definition) is 1. The van der Waals surface area contributed by atoms with E-state index in [9.17, 15) is 9.59 Å². The summed E-state index contributed by atoms with van der Waals surface area (Å²) in [6.45, 7) is 3.92. The minimum absolute atomic E-state index is 0.0325. The van der Waals surface area contributed by atoms with Gasteiger partial charge in [0.05, 0.1) is 30.2 Å². The zero-order valence-corrected chi connectivity index (χ0v) is 18.4. The highest BCUT2D eigenvalue weighted by atomic mass is 16.5. The summed E-state index contributed by atoms with van der Waals surface area (Å²) in [5, 5.41) is 1.64. The topological polar surface area (TPSA) is 65.1 Å². The Bertz CT molecular complexity index is 982. The minimum Gasteiger partial charge on any atom is -0.383 e. The molecule has 0 aliphatic carbocycles. The van der Waals surface area contributed by atoms with Gasteiger partial charge in [-0.25, -0.2) is 10.4 Å². The van der Waals surface area contributed by atoms with E-state index in [-0.39, 0.29) is 29.7 Å². The third kappa shape index (κ3) is 3.92. The molecular weight excluding hydrogens is 404 g/mol. The van der Waals surface area contributed by atoms with Gasteiger partial charge in [-0.2, -0.15) is 0 Å². The maximum Gasteiger partial charge on any atom is 0.247 e. The van der Waals surface area contributed by atoms with Gasteiger partial charge < -0.3 is 9.64 Å². The second-order valence-corrected chi connectivity index (χ2v) is 8.91. The third-order valence-electron chi connectivity index (χ3n) is 6.98. The molecule has 3 heterocycles. The summed E-state index contributed by atoms with van der Waals surface area (Å²) in [6.07, 6.45) is 0.874. The predicted molar refractivity (Wildman–Crippen MR) is 122 cm³/mol. The lowest BCUT2D eigenvalue weighted by Crippen LogP contribution is -2.58. The van der Waals surface area contributed by atoms with Gasteiger partial charge >= 0.3 is 0 Å². The fourth-order valence-corrected chi connectivity index (χ4v) is 5.26. The lowest BCUT2D eigenvalue weighted by atomic mass is 9.83. The monoisotopic (exact) mass is 434 g/mol. The van der Waals surface area contributed by atoms with Crippen molar-refractivity contribution in [3.05, 3.63) is 65.7 Å². The van der Waals surface area contributed by atoms with Gasteiger partial charge in [0.1, 0.15) is 0 Å². The average Bonchev–Trinajstić information content (AvgIpc) is 3.18. The van der Waals surface area contributed by atoms with Crippen molar-refractivity contribution in [2.24, 2.45) is 11.8 Å². The summed E-state index contributed by atoms with van der Waals surface area (Å²) in [5.74, 6) is -0.377. The number of anilines is 1. The SMILES string of the molecule is COCCN1CC(C(=O)N2CCc3ccccc3C2)C2NN(c3ccccc3)C(=O)C2C1. The summed E-state index contributed by atoms with van der Waals surface area (Å²) >= 11 is 0. The fraction of sp³-hybridized carbons (Fsp3) is 0.440. The van der Waals surface area contributed by atoms with Crippen LogP contribution in [-0.2, 0) is 27.3 Å². The first-order chi connectivity index (χ1) is 15.7. The van der Waals surface area contributed by atoms with E-state index in [1.165, 1.54) is 11.1 Å².